The number of hydrogen-bond acceptors (Lipinski definition) is 9. The van der Waals surface area contributed by atoms with Crippen molar-refractivity contribution in [3.63, 3.8) is 0 Å². The van der Waals surface area contributed by atoms with E-state index in [4.69, 9.17) is 0 Å². The zero-order chi connectivity index (χ0) is 49.7. The summed E-state index contributed by atoms with van der Waals surface area (Å²) in [4.78, 5) is 0. The van der Waals surface area contributed by atoms with Crippen LogP contribution in [0.5, 0.6) is 11.5 Å². The largest absolute Gasteiger partial charge is 0.534 e. The number of phenolic OH excluding ortho intramolecular Hbond substituents is 1. The first-order valence-corrected chi connectivity index (χ1v) is 24.5. The van der Waals surface area contributed by atoms with E-state index in [2.05, 4.69) is 95.2 Å². The van der Waals surface area contributed by atoms with E-state index in [1.54, 1.807) is 24.3 Å². The molecule has 2 aliphatic rings. The Hall–Kier alpha value is -5.90. The van der Waals surface area contributed by atoms with Gasteiger partial charge in [0.2, 0.25) is 0 Å². The molecule has 0 aliphatic heterocycles. The van der Waals surface area contributed by atoms with Crippen LogP contribution in [0.15, 0.2) is 158 Å². The molecule has 0 spiro atoms. The molecule has 0 bridgehead atoms. The van der Waals surface area contributed by atoms with Gasteiger partial charge in [-0.3, -0.25) is 0 Å². The summed E-state index contributed by atoms with van der Waals surface area (Å²) in [6.45, 7) is 0. The zero-order valence-electron chi connectivity index (χ0n) is 35.0. The van der Waals surface area contributed by atoms with Crippen LogP contribution in [0, 0.1) is 0 Å². The fourth-order valence-corrected chi connectivity index (χ4v) is 10.3. The Balaban J connectivity index is 0.000000178. The maximum atomic E-state index is 12.6. The maximum absolute atomic E-state index is 12.6. The summed E-state index contributed by atoms with van der Waals surface area (Å²) in [5.74, 6) is 1.00. The fourth-order valence-electron chi connectivity index (χ4n) is 8.24. The molecule has 4 atom stereocenters. The third kappa shape index (κ3) is 12.0. The minimum absolute atomic E-state index is 0.00521. The SMILES string of the molecule is O=S(=O)(OS(=O)(=O)C(F)(F)F)C(F)(F)F.O=S(=O)(Oc1ccc(C2c3ccccc3CCC2c2ccccc2)cc1)C(F)(F)F.Oc1ccc(C2c3ccccc3CCC2c2ccccc2)cc1. The van der Waals surface area contributed by atoms with E-state index >= 15 is 0 Å². The highest BCUT2D eigenvalue weighted by Gasteiger charge is 2.57. The summed E-state index contributed by atoms with van der Waals surface area (Å²) >= 11 is 0. The molecular formula is C47H39F9O9S3. The van der Waals surface area contributed by atoms with E-state index in [1.165, 1.54) is 51.1 Å². The Kier molecular flexibility index (Phi) is 15.4. The van der Waals surface area contributed by atoms with E-state index in [-0.39, 0.29) is 17.6 Å². The van der Waals surface area contributed by atoms with Gasteiger partial charge in [0.25, 0.3) is 0 Å². The lowest BCUT2D eigenvalue weighted by molar-refractivity contribution is -0.0586. The van der Waals surface area contributed by atoms with Crippen molar-refractivity contribution in [2.45, 2.75) is 65.9 Å². The summed E-state index contributed by atoms with van der Waals surface area (Å²) in [7, 11) is -19.4. The molecule has 2 aliphatic carbocycles. The number of hydrogen-bond donors (Lipinski definition) is 1. The first kappa shape index (κ1) is 51.5. The van der Waals surface area contributed by atoms with Crippen LogP contribution in [0.1, 0.15) is 81.0 Å². The normalized spacial score (nSPS) is 18.6. The van der Waals surface area contributed by atoms with Crippen molar-refractivity contribution >= 4 is 30.4 Å². The molecular weight excluding hydrogens is 976 g/mol. The van der Waals surface area contributed by atoms with Crippen LogP contribution in [-0.2, 0) is 46.8 Å². The van der Waals surface area contributed by atoms with Gasteiger partial charge in [-0.05, 0) is 106 Å². The third-order valence-electron chi connectivity index (χ3n) is 11.2. The minimum Gasteiger partial charge on any atom is -0.508 e. The first-order valence-electron chi connectivity index (χ1n) is 20.3. The monoisotopic (exact) mass is 1010 g/mol. The van der Waals surface area contributed by atoms with Crippen LogP contribution in [-0.4, -0.2) is 46.9 Å². The summed E-state index contributed by atoms with van der Waals surface area (Å²) in [6, 6.07) is 51.4. The topological polar surface area (TPSA) is 141 Å². The fraction of sp³-hybridized carbons (Fsp3) is 0.234. The van der Waals surface area contributed by atoms with Gasteiger partial charge in [-0.25, -0.2) is 0 Å². The van der Waals surface area contributed by atoms with Gasteiger partial charge in [-0.1, -0.05) is 133 Å². The van der Waals surface area contributed by atoms with Crippen LogP contribution < -0.4 is 4.18 Å². The lowest BCUT2D eigenvalue weighted by Crippen LogP contribution is -2.34. The molecule has 8 rings (SSSR count). The highest BCUT2D eigenvalue weighted by atomic mass is 32.3. The van der Waals surface area contributed by atoms with E-state index in [9.17, 15) is 69.9 Å². The highest BCUT2D eigenvalue weighted by molar-refractivity contribution is 8.00. The van der Waals surface area contributed by atoms with Gasteiger partial charge in [0.1, 0.15) is 11.5 Å². The highest BCUT2D eigenvalue weighted by Crippen LogP contribution is 2.48. The molecule has 0 fully saturated rings. The molecule has 21 heteroatoms. The predicted octanol–water partition coefficient (Wildman–Crippen LogP) is 11.7. The Morgan fingerprint density at radius 1 is 0.412 bits per heavy atom. The van der Waals surface area contributed by atoms with E-state index < -0.39 is 46.9 Å². The Morgan fingerprint density at radius 2 is 0.750 bits per heavy atom. The minimum atomic E-state index is -6.85. The molecule has 1 N–H and O–H groups in total. The van der Waals surface area contributed by atoms with Gasteiger partial charge in [0, 0.05) is 11.8 Å². The summed E-state index contributed by atoms with van der Waals surface area (Å²) < 4.78 is 175. The van der Waals surface area contributed by atoms with Gasteiger partial charge in [0.15, 0.2) is 0 Å². The predicted molar refractivity (Wildman–Crippen MR) is 233 cm³/mol. The standard InChI is InChI=1S/C23H19F3O3S.C22H20O.C2F6O5S2/c24-23(25,26)30(27,28)29-19-13-10-18(11-14-19)22-20-9-5-4-8-17(20)12-15-21(22)16-6-2-1-3-7-16;23-19-13-10-18(11-14-19)22-20-9-5-4-8-17(20)12-15-21(22)16-6-2-1-3-7-16;3-1(4,5)14(9,10)13-15(11,12)2(6,7)8/h1-11,13-14,21-22H,12,15H2;1-11,13-14,21-23H,12,15H2;. The van der Waals surface area contributed by atoms with Gasteiger partial charge in [-0.2, -0.15) is 64.8 Å². The smallest absolute Gasteiger partial charge is 0.508 e. The van der Waals surface area contributed by atoms with Crippen LogP contribution in [0.3, 0.4) is 0 Å². The van der Waals surface area contributed by atoms with Crippen LogP contribution in [0.4, 0.5) is 39.5 Å². The number of rotatable bonds is 8. The molecule has 0 heterocycles. The number of benzene rings is 6. The van der Waals surface area contributed by atoms with Crippen molar-refractivity contribution in [3.05, 3.63) is 202 Å². The Bertz CT molecular complexity index is 2940. The quantitative estimate of drug-likeness (QED) is 0.0896. The molecule has 0 amide bonds. The molecule has 0 radical (unpaired) electrons. The van der Waals surface area contributed by atoms with Crippen LogP contribution in [0.2, 0.25) is 0 Å². The Morgan fingerprint density at radius 3 is 1.12 bits per heavy atom. The lowest BCUT2D eigenvalue weighted by atomic mass is 9.69. The van der Waals surface area contributed by atoms with Crippen molar-refractivity contribution in [1.29, 1.82) is 0 Å². The van der Waals surface area contributed by atoms with E-state index in [1.807, 2.05) is 34.0 Å². The lowest BCUT2D eigenvalue weighted by Gasteiger charge is -2.34. The van der Waals surface area contributed by atoms with Gasteiger partial charge < -0.3 is 9.29 Å². The average Bonchev–Trinajstić information content (AvgIpc) is 3.28. The summed E-state index contributed by atoms with van der Waals surface area (Å²) in [5, 5.41) is 9.63. The zero-order valence-corrected chi connectivity index (χ0v) is 37.4. The molecule has 362 valence electrons. The van der Waals surface area contributed by atoms with Crippen molar-refractivity contribution in [1.82, 2.24) is 0 Å². The van der Waals surface area contributed by atoms with Crippen molar-refractivity contribution in [2.24, 2.45) is 0 Å². The van der Waals surface area contributed by atoms with E-state index in [0.29, 0.717) is 17.6 Å². The molecule has 9 nitrogen and oxygen atoms in total. The van der Waals surface area contributed by atoms with Gasteiger partial charge in [-0.15, -0.1) is 3.63 Å². The number of phenols is 1. The van der Waals surface area contributed by atoms with Crippen LogP contribution >= 0.6 is 0 Å². The van der Waals surface area contributed by atoms with E-state index in [0.717, 1.165) is 31.2 Å². The summed E-state index contributed by atoms with van der Waals surface area (Å²) in [6.07, 6.45) is 4.17. The average molecular weight is 1020 g/mol. The molecule has 4 unspecified atom stereocenters. The van der Waals surface area contributed by atoms with Crippen molar-refractivity contribution < 1.29 is 77.7 Å². The number of alkyl halides is 9. The Labute approximate surface area is 386 Å². The second kappa shape index (κ2) is 20.4. The van der Waals surface area contributed by atoms with Crippen LogP contribution in [0.25, 0.3) is 0 Å². The molecule has 0 aromatic heterocycles. The molecule has 6 aromatic carbocycles. The second-order valence-corrected chi connectivity index (χ2v) is 20.3. The third-order valence-corrected chi connectivity index (χ3v) is 14.8. The molecule has 0 saturated heterocycles. The molecule has 6 aromatic rings. The molecule has 68 heavy (non-hydrogen) atoms. The number of aromatic hydroxyl groups is 1. The van der Waals surface area contributed by atoms with Gasteiger partial charge >= 0.3 is 46.9 Å². The van der Waals surface area contributed by atoms with Gasteiger partial charge in [0.05, 0.1) is 0 Å². The number of aryl methyl sites for hydroxylation is 2. The molecule has 0 saturated carbocycles. The summed E-state index contributed by atoms with van der Waals surface area (Å²) in [5.41, 5.74) is -7.91. The second-order valence-electron chi connectivity index (χ2n) is 15.5. The number of fused-ring (bicyclic) bond motifs is 2. The van der Waals surface area contributed by atoms with Crippen molar-refractivity contribution in [2.75, 3.05) is 0 Å². The maximum Gasteiger partial charge on any atom is 0.534 e. The number of halogens is 9. The van der Waals surface area contributed by atoms with Crippen molar-refractivity contribution in [3.8, 4) is 11.5 Å². The first-order chi connectivity index (χ1) is 31.8.